The van der Waals surface area contributed by atoms with Gasteiger partial charge in [0.05, 0.1) is 12.0 Å². The number of hydrogen-bond acceptors (Lipinski definition) is 6. The third-order valence-electron chi connectivity index (χ3n) is 4.18. The Hall–Kier alpha value is -1.76. The topological polar surface area (TPSA) is 63.9 Å². The van der Waals surface area contributed by atoms with Crippen molar-refractivity contribution in [2.24, 2.45) is 5.92 Å². The van der Waals surface area contributed by atoms with Crippen molar-refractivity contribution in [1.82, 2.24) is 19.7 Å². The summed E-state index contributed by atoms with van der Waals surface area (Å²) in [6.07, 6.45) is 3.84. The van der Waals surface area contributed by atoms with Crippen molar-refractivity contribution in [2.75, 3.05) is 18.0 Å². The summed E-state index contributed by atoms with van der Waals surface area (Å²) in [5, 5.41) is 9.01. The lowest BCUT2D eigenvalue weighted by atomic mass is 9.97. The predicted octanol–water partition coefficient (Wildman–Crippen LogP) is 2.13. The van der Waals surface area contributed by atoms with Gasteiger partial charge in [-0.3, -0.25) is 9.36 Å². The first kappa shape index (κ1) is 15.1. The van der Waals surface area contributed by atoms with Crippen molar-refractivity contribution < 1.29 is 0 Å². The van der Waals surface area contributed by atoms with Crippen LogP contribution in [0.25, 0.3) is 0 Å². The molecule has 0 radical (unpaired) electrons. The molecule has 1 fully saturated rings. The molecular weight excluding hydrogens is 298 g/mol. The van der Waals surface area contributed by atoms with Gasteiger partial charge < -0.3 is 4.90 Å². The highest BCUT2D eigenvalue weighted by Gasteiger charge is 2.21. The number of anilines is 1. The van der Waals surface area contributed by atoms with Gasteiger partial charge in [0.15, 0.2) is 0 Å². The Morgan fingerprint density at radius 1 is 1.36 bits per heavy atom. The minimum atomic E-state index is 0.0604. The molecule has 3 heterocycles. The van der Waals surface area contributed by atoms with E-state index < -0.39 is 0 Å². The lowest BCUT2D eigenvalue weighted by molar-refractivity contribution is 0.350. The van der Waals surface area contributed by atoms with Gasteiger partial charge in [-0.1, -0.05) is 25.2 Å². The Bertz CT molecular complexity index is 659. The van der Waals surface area contributed by atoms with Crippen molar-refractivity contribution in [2.45, 2.75) is 39.2 Å². The van der Waals surface area contributed by atoms with E-state index in [0.717, 1.165) is 43.3 Å². The maximum Gasteiger partial charge on any atom is 0.253 e. The lowest BCUT2D eigenvalue weighted by Gasteiger charge is -2.31. The van der Waals surface area contributed by atoms with Crippen LogP contribution in [0, 0.1) is 5.92 Å². The SMILES string of the molecule is CC(C)c1cc(=O)n(CC2CCN(c3nncs3)CC2)cn1. The molecule has 0 N–H and O–H groups in total. The molecule has 1 aliphatic heterocycles. The Morgan fingerprint density at radius 3 is 2.73 bits per heavy atom. The van der Waals surface area contributed by atoms with Crippen LogP contribution in [0.1, 0.15) is 38.3 Å². The standard InChI is InChI=1S/C15H21N5OS/c1-11(2)13-7-14(21)20(9-16-13)8-12-3-5-19(6-4-12)15-18-17-10-22-15/h7,9-12H,3-6,8H2,1-2H3. The van der Waals surface area contributed by atoms with Crippen LogP contribution in [0.3, 0.4) is 0 Å². The first-order chi connectivity index (χ1) is 10.6. The van der Waals surface area contributed by atoms with Gasteiger partial charge in [-0.25, -0.2) is 4.98 Å². The summed E-state index contributed by atoms with van der Waals surface area (Å²) < 4.78 is 1.75. The Kier molecular flexibility index (Phi) is 4.52. The van der Waals surface area contributed by atoms with Crippen molar-refractivity contribution >= 4 is 16.5 Å². The molecule has 22 heavy (non-hydrogen) atoms. The molecule has 0 bridgehead atoms. The number of rotatable bonds is 4. The maximum atomic E-state index is 12.2. The monoisotopic (exact) mass is 319 g/mol. The largest absolute Gasteiger partial charge is 0.347 e. The van der Waals surface area contributed by atoms with E-state index in [0.29, 0.717) is 5.92 Å². The van der Waals surface area contributed by atoms with E-state index in [2.05, 4.69) is 33.9 Å². The summed E-state index contributed by atoms with van der Waals surface area (Å²) in [5.74, 6) is 0.811. The number of aromatic nitrogens is 4. The van der Waals surface area contributed by atoms with Crippen LogP contribution in [0.5, 0.6) is 0 Å². The highest BCUT2D eigenvalue weighted by atomic mass is 32.1. The number of piperidine rings is 1. The second-order valence-electron chi connectivity index (χ2n) is 6.11. The lowest BCUT2D eigenvalue weighted by Crippen LogP contribution is -2.36. The molecule has 0 aromatic carbocycles. The molecule has 1 aliphatic rings. The summed E-state index contributed by atoms with van der Waals surface area (Å²) >= 11 is 1.58. The zero-order valence-electron chi connectivity index (χ0n) is 13.0. The number of nitrogens with zero attached hydrogens (tertiary/aromatic N) is 5. The molecule has 0 amide bonds. The second kappa shape index (κ2) is 6.56. The molecule has 1 saturated heterocycles. The molecule has 0 saturated carbocycles. The van der Waals surface area contributed by atoms with Crippen LogP contribution in [0.4, 0.5) is 5.13 Å². The van der Waals surface area contributed by atoms with Crippen LogP contribution in [-0.4, -0.2) is 32.8 Å². The van der Waals surface area contributed by atoms with Gasteiger partial charge in [-0.15, -0.1) is 10.2 Å². The molecule has 2 aromatic rings. The van der Waals surface area contributed by atoms with Gasteiger partial charge >= 0.3 is 0 Å². The molecule has 0 unspecified atom stereocenters. The Morgan fingerprint density at radius 2 is 2.14 bits per heavy atom. The summed E-state index contributed by atoms with van der Waals surface area (Å²) in [7, 11) is 0. The minimum Gasteiger partial charge on any atom is -0.347 e. The van der Waals surface area contributed by atoms with Gasteiger partial charge in [0.1, 0.15) is 5.51 Å². The van der Waals surface area contributed by atoms with Gasteiger partial charge in [0.25, 0.3) is 5.56 Å². The summed E-state index contributed by atoms with van der Waals surface area (Å²) in [5.41, 5.74) is 2.70. The quantitative estimate of drug-likeness (QED) is 0.864. The molecule has 6 nitrogen and oxygen atoms in total. The number of hydrogen-bond donors (Lipinski definition) is 0. The van der Waals surface area contributed by atoms with E-state index in [1.54, 1.807) is 33.8 Å². The molecule has 3 rings (SSSR count). The average Bonchev–Trinajstić information content (AvgIpc) is 3.04. The van der Waals surface area contributed by atoms with Crippen LogP contribution in [-0.2, 0) is 6.54 Å². The van der Waals surface area contributed by atoms with E-state index in [4.69, 9.17) is 0 Å². The van der Waals surface area contributed by atoms with Crippen molar-refractivity contribution in [3.63, 3.8) is 0 Å². The summed E-state index contributed by atoms with van der Waals surface area (Å²) in [4.78, 5) is 18.8. The zero-order valence-corrected chi connectivity index (χ0v) is 13.8. The third-order valence-corrected chi connectivity index (χ3v) is 4.93. The van der Waals surface area contributed by atoms with Crippen LogP contribution >= 0.6 is 11.3 Å². The van der Waals surface area contributed by atoms with E-state index in [1.165, 1.54) is 0 Å². The van der Waals surface area contributed by atoms with Gasteiger partial charge in [-0.2, -0.15) is 0 Å². The first-order valence-corrected chi connectivity index (χ1v) is 8.59. The molecule has 7 heteroatoms. The fourth-order valence-electron chi connectivity index (χ4n) is 2.78. The van der Waals surface area contributed by atoms with E-state index in [9.17, 15) is 4.79 Å². The smallest absolute Gasteiger partial charge is 0.253 e. The second-order valence-corrected chi connectivity index (χ2v) is 6.92. The molecule has 0 spiro atoms. The van der Waals surface area contributed by atoms with Crippen LogP contribution in [0.15, 0.2) is 22.7 Å². The normalized spacial score (nSPS) is 16.4. The van der Waals surface area contributed by atoms with Gasteiger partial charge in [0.2, 0.25) is 5.13 Å². The molecule has 0 atom stereocenters. The average molecular weight is 319 g/mol. The highest BCUT2D eigenvalue weighted by molar-refractivity contribution is 7.13. The van der Waals surface area contributed by atoms with E-state index in [1.807, 2.05) is 0 Å². The third kappa shape index (κ3) is 3.35. The van der Waals surface area contributed by atoms with Crippen molar-refractivity contribution in [3.05, 3.63) is 34.0 Å². The predicted molar refractivity (Wildman–Crippen MR) is 87.4 cm³/mol. The van der Waals surface area contributed by atoms with E-state index in [-0.39, 0.29) is 11.5 Å². The Labute approximate surface area is 133 Å². The first-order valence-electron chi connectivity index (χ1n) is 7.71. The van der Waals surface area contributed by atoms with Crippen molar-refractivity contribution in [3.8, 4) is 0 Å². The summed E-state index contributed by atoms with van der Waals surface area (Å²) in [6, 6.07) is 1.67. The van der Waals surface area contributed by atoms with Gasteiger partial charge in [-0.05, 0) is 24.7 Å². The Balaban J connectivity index is 1.60. The highest BCUT2D eigenvalue weighted by Crippen LogP contribution is 2.24. The van der Waals surface area contributed by atoms with Crippen LogP contribution in [0.2, 0.25) is 0 Å². The fraction of sp³-hybridized carbons (Fsp3) is 0.600. The maximum absolute atomic E-state index is 12.2. The fourth-order valence-corrected chi connectivity index (χ4v) is 3.40. The molecule has 0 aliphatic carbocycles. The van der Waals surface area contributed by atoms with Crippen LogP contribution < -0.4 is 10.5 Å². The molecule has 118 valence electrons. The molecule has 2 aromatic heterocycles. The molecular formula is C15H21N5OS. The minimum absolute atomic E-state index is 0.0604. The van der Waals surface area contributed by atoms with Gasteiger partial charge in [0, 0.05) is 25.7 Å². The summed E-state index contributed by atoms with van der Waals surface area (Å²) in [6.45, 7) is 6.82. The zero-order chi connectivity index (χ0) is 15.5. The van der Waals surface area contributed by atoms with Crippen molar-refractivity contribution in [1.29, 1.82) is 0 Å². The van der Waals surface area contributed by atoms with E-state index >= 15 is 0 Å².